The summed E-state index contributed by atoms with van der Waals surface area (Å²) in [6.45, 7) is 3.69. The molecule has 2 heterocycles. The van der Waals surface area contributed by atoms with Crippen LogP contribution in [0.2, 0.25) is 0 Å². The predicted octanol–water partition coefficient (Wildman–Crippen LogP) is 0.920. The topological polar surface area (TPSA) is 63.2 Å². The van der Waals surface area contributed by atoms with Gasteiger partial charge in [0, 0.05) is 33.4 Å². The van der Waals surface area contributed by atoms with E-state index >= 15 is 0 Å². The van der Waals surface area contributed by atoms with Gasteiger partial charge in [0.2, 0.25) is 5.95 Å². The Labute approximate surface area is 101 Å². The summed E-state index contributed by atoms with van der Waals surface area (Å²) in [5, 5.41) is 11.1. The van der Waals surface area contributed by atoms with Gasteiger partial charge in [0.05, 0.1) is 6.20 Å². The quantitative estimate of drug-likeness (QED) is 0.742. The summed E-state index contributed by atoms with van der Waals surface area (Å²) in [4.78, 5) is 6.70. The lowest BCUT2D eigenvalue weighted by Gasteiger charge is -2.15. The van der Waals surface area contributed by atoms with Crippen molar-refractivity contribution in [2.45, 2.75) is 19.3 Å². The molecule has 6 heteroatoms. The summed E-state index contributed by atoms with van der Waals surface area (Å²) >= 11 is 0. The fraction of sp³-hybridized carbons (Fsp3) is 0.727. The number of nitrogens with zero attached hydrogens (tertiary/aromatic N) is 4. The van der Waals surface area contributed by atoms with Gasteiger partial charge in [-0.2, -0.15) is 10.1 Å². The summed E-state index contributed by atoms with van der Waals surface area (Å²) in [7, 11) is 1.70. The molecule has 0 atom stereocenters. The molecule has 0 spiro atoms. The van der Waals surface area contributed by atoms with E-state index in [0.29, 0.717) is 5.95 Å². The van der Waals surface area contributed by atoms with Crippen LogP contribution in [0.3, 0.4) is 0 Å². The molecule has 0 aromatic carbocycles. The fourth-order valence-electron chi connectivity index (χ4n) is 1.89. The van der Waals surface area contributed by atoms with Gasteiger partial charge in [-0.05, 0) is 19.3 Å². The van der Waals surface area contributed by atoms with Crippen LogP contribution >= 0.6 is 0 Å². The third-order valence-electron chi connectivity index (χ3n) is 2.78. The second kappa shape index (κ2) is 6.34. The molecule has 2 rings (SSSR count). The van der Waals surface area contributed by atoms with Crippen LogP contribution < -0.4 is 10.2 Å². The minimum atomic E-state index is 0.602. The maximum atomic E-state index is 4.98. The number of methoxy groups -OCH3 is 1. The van der Waals surface area contributed by atoms with Crippen LogP contribution in [0.15, 0.2) is 6.20 Å². The van der Waals surface area contributed by atoms with Gasteiger partial charge in [-0.25, -0.2) is 0 Å². The largest absolute Gasteiger partial charge is 0.385 e. The van der Waals surface area contributed by atoms with Crippen molar-refractivity contribution in [1.82, 2.24) is 15.2 Å². The Morgan fingerprint density at radius 1 is 1.41 bits per heavy atom. The standard InChI is InChI=1S/C11H19N5O/c1-17-8-4-5-12-11-14-10(9-13-15-11)16-6-2-3-7-16/h9H,2-8H2,1H3,(H,12,14,15). The van der Waals surface area contributed by atoms with E-state index in [1.807, 2.05) is 0 Å². The molecule has 0 radical (unpaired) electrons. The van der Waals surface area contributed by atoms with Crippen LogP contribution in [0.1, 0.15) is 19.3 Å². The Kier molecular flexibility index (Phi) is 4.49. The predicted molar refractivity (Wildman–Crippen MR) is 66.3 cm³/mol. The second-order valence-electron chi connectivity index (χ2n) is 4.11. The van der Waals surface area contributed by atoms with Crippen molar-refractivity contribution in [3.63, 3.8) is 0 Å². The van der Waals surface area contributed by atoms with Crippen LogP contribution in [0.25, 0.3) is 0 Å². The average molecular weight is 237 g/mol. The van der Waals surface area contributed by atoms with Crippen molar-refractivity contribution in [3.8, 4) is 0 Å². The molecule has 0 aliphatic carbocycles. The van der Waals surface area contributed by atoms with Crippen molar-refractivity contribution in [3.05, 3.63) is 6.20 Å². The van der Waals surface area contributed by atoms with Crippen LogP contribution in [0.4, 0.5) is 11.8 Å². The first-order valence-electron chi connectivity index (χ1n) is 6.07. The molecule has 1 aliphatic heterocycles. The summed E-state index contributed by atoms with van der Waals surface area (Å²) in [5.41, 5.74) is 0. The van der Waals surface area contributed by atoms with Gasteiger partial charge < -0.3 is 15.0 Å². The number of hydrogen-bond donors (Lipinski definition) is 1. The number of aromatic nitrogens is 3. The van der Waals surface area contributed by atoms with Crippen molar-refractivity contribution in [2.75, 3.05) is 43.6 Å². The number of anilines is 2. The maximum absolute atomic E-state index is 4.98. The SMILES string of the molecule is COCCCNc1nncc(N2CCCC2)n1. The lowest BCUT2D eigenvalue weighted by atomic mass is 10.4. The zero-order chi connectivity index (χ0) is 11.9. The number of hydrogen-bond acceptors (Lipinski definition) is 6. The first-order chi connectivity index (χ1) is 8.40. The zero-order valence-electron chi connectivity index (χ0n) is 10.2. The Morgan fingerprint density at radius 3 is 3.00 bits per heavy atom. The zero-order valence-corrected chi connectivity index (χ0v) is 10.2. The van der Waals surface area contributed by atoms with E-state index in [1.165, 1.54) is 12.8 Å². The van der Waals surface area contributed by atoms with Crippen LogP contribution in [0.5, 0.6) is 0 Å². The molecule has 0 amide bonds. The van der Waals surface area contributed by atoms with Gasteiger partial charge in [-0.3, -0.25) is 0 Å². The van der Waals surface area contributed by atoms with Gasteiger partial charge in [0.15, 0.2) is 5.82 Å². The first-order valence-corrected chi connectivity index (χ1v) is 6.07. The van der Waals surface area contributed by atoms with E-state index in [2.05, 4.69) is 25.4 Å². The highest BCUT2D eigenvalue weighted by atomic mass is 16.5. The summed E-state index contributed by atoms with van der Waals surface area (Å²) in [6, 6.07) is 0. The molecule has 6 nitrogen and oxygen atoms in total. The van der Waals surface area contributed by atoms with Crippen LogP contribution in [-0.4, -0.2) is 48.5 Å². The molecule has 94 valence electrons. The Hall–Kier alpha value is -1.43. The van der Waals surface area contributed by atoms with E-state index in [0.717, 1.165) is 38.5 Å². The van der Waals surface area contributed by atoms with Crippen molar-refractivity contribution < 1.29 is 4.74 Å². The van der Waals surface area contributed by atoms with Gasteiger partial charge in [0.1, 0.15) is 0 Å². The summed E-state index contributed by atoms with van der Waals surface area (Å²) in [6.07, 6.45) is 5.14. The number of rotatable bonds is 6. The monoisotopic (exact) mass is 237 g/mol. The molecule has 0 saturated carbocycles. The molecule has 1 N–H and O–H groups in total. The second-order valence-corrected chi connectivity index (χ2v) is 4.11. The van der Waals surface area contributed by atoms with E-state index in [1.54, 1.807) is 13.3 Å². The van der Waals surface area contributed by atoms with Crippen molar-refractivity contribution in [2.24, 2.45) is 0 Å². The molecule has 0 bridgehead atoms. The highest BCUT2D eigenvalue weighted by Crippen LogP contribution is 2.16. The van der Waals surface area contributed by atoms with Gasteiger partial charge >= 0.3 is 0 Å². The molecule has 1 aromatic rings. The number of nitrogens with one attached hydrogen (secondary N) is 1. The fourth-order valence-corrected chi connectivity index (χ4v) is 1.89. The molecule has 1 saturated heterocycles. The van der Waals surface area contributed by atoms with Crippen LogP contribution in [-0.2, 0) is 4.74 Å². The third-order valence-corrected chi connectivity index (χ3v) is 2.78. The lowest BCUT2D eigenvalue weighted by Crippen LogP contribution is -2.20. The highest BCUT2D eigenvalue weighted by Gasteiger charge is 2.14. The number of ether oxygens (including phenoxy) is 1. The molecule has 17 heavy (non-hydrogen) atoms. The lowest BCUT2D eigenvalue weighted by molar-refractivity contribution is 0.197. The van der Waals surface area contributed by atoms with Crippen molar-refractivity contribution in [1.29, 1.82) is 0 Å². The molecule has 1 aromatic heterocycles. The smallest absolute Gasteiger partial charge is 0.244 e. The van der Waals surface area contributed by atoms with E-state index in [4.69, 9.17) is 4.74 Å². The van der Waals surface area contributed by atoms with Crippen LogP contribution in [0, 0.1) is 0 Å². The van der Waals surface area contributed by atoms with Gasteiger partial charge in [0.25, 0.3) is 0 Å². The van der Waals surface area contributed by atoms with E-state index in [-0.39, 0.29) is 0 Å². The Bertz CT molecular complexity index is 340. The first kappa shape index (κ1) is 12.0. The van der Waals surface area contributed by atoms with Crippen molar-refractivity contribution >= 4 is 11.8 Å². The molecular weight excluding hydrogens is 218 g/mol. The average Bonchev–Trinajstić information content (AvgIpc) is 2.89. The third kappa shape index (κ3) is 3.52. The minimum absolute atomic E-state index is 0.602. The Balaban J connectivity index is 1.87. The molecule has 1 fully saturated rings. The summed E-state index contributed by atoms with van der Waals surface area (Å²) < 4.78 is 4.98. The Morgan fingerprint density at radius 2 is 2.24 bits per heavy atom. The summed E-state index contributed by atoms with van der Waals surface area (Å²) in [5.74, 6) is 1.53. The molecular formula is C11H19N5O. The molecule has 1 aliphatic rings. The van der Waals surface area contributed by atoms with Gasteiger partial charge in [-0.15, -0.1) is 5.10 Å². The van der Waals surface area contributed by atoms with E-state index in [9.17, 15) is 0 Å². The highest BCUT2D eigenvalue weighted by molar-refractivity contribution is 5.40. The normalized spacial score (nSPS) is 15.2. The molecule has 0 unspecified atom stereocenters. The minimum Gasteiger partial charge on any atom is -0.385 e. The van der Waals surface area contributed by atoms with E-state index < -0.39 is 0 Å². The van der Waals surface area contributed by atoms with Gasteiger partial charge in [-0.1, -0.05) is 0 Å². The maximum Gasteiger partial charge on any atom is 0.244 e.